The molecule has 0 N–H and O–H groups in total. The maximum Gasteiger partial charge on any atom is 0.281 e. The normalized spacial score (nSPS) is 11.6. The predicted octanol–water partition coefficient (Wildman–Crippen LogP) is 3.06. The smallest absolute Gasteiger partial charge is 0.281 e. The standard InChI is InChI=1S/C22H19N2O2P/c1-2-24-20-16-10-9-15-19(20)23-21(22(24)25)27(26,17-11-5-3-6-12-17)18-13-7-4-8-14-18/h3-16H,2H2,1H3. The number of aromatic nitrogens is 2. The number of para-hydroxylation sites is 2. The fourth-order valence-corrected chi connectivity index (χ4v) is 5.98. The van der Waals surface area contributed by atoms with Gasteiger partial charge in [0, 0.05) is 17.2 Å². The molecular weight excluding hydrogens is 355 g/mol. The lowest BCUT2D eigenvalue weighted by Crippen LogP contribution is -2.41. The van der Waals surface area contributed by atoms with E-state index in [0.29, 0.717) is 22.7 Å². The summed E-state index contributed by atoms with van der Waals surface area (Å²) in [6.45, 7) is 2.39. The topological polar surface area (TPSA) is 52.0 Å². The van der Waals surface area contributed by atoms with Gasteiger partial charge in [-0.05, 0) is 19.1 Å². The first-order valence-electron chi connectivity index (χ1n) is 8.87. The van der Waals surface area contributed by atoms with Gasteiger partial charge in [0.2, 0.25) is 0 Å². The second-order valence-corrected chi connectivity index (χ2v) is 8.93. The highest BCUT2D eigenvalue weighted by atomic mass is 31.2. The number of hydrogen-bond donors (Lipinski definition) is 0. The Balaban J connectivity index is 2.13. The molecule has 1 aromatic heterocycles. The van der Waals surface area contributed by atoms with Crippen LogP contribution in [0.25, 0.3) is 11.0 Å². The van der Waals surface area contributed by atoms with E-state index in [2.05, 4.69) is 4.98 Å². The van der Waals surface area contributed by atoms with Crippen LogP contribution in [-0.4, -0.2) is 9.55 Å². The van der Waals surface area contributed by atoms with Crippen LogP contribution >= 0.6 is 7.14 Å². The first-order chi connectivity index (χ1) is 13.2. The molecule has 4 nitrogen and oxygen atoms in total. The van der Waals surface area contributed by atoms with Crippen LogP contribution < -0.4 is 21.6 Å². The van der Waals surface area contributed by atoms with Gasteiger partial charge in [0.1, 0.15) is 0 Å². The van der Waals surface area contributed by atoms with Crippen molar-refractivity contribution < 1.29 is 4.57 Å². The number of benzene rings is 3. The molecule has 0 aliphatic carbocycles. The summed E-state index contributed by atoms with van der Waals surface area (Å²) in [7, 11) is -3.40. The van der Waals surface area contributed by atoms with Crippen molar-refractivity contribution in [3.63, 3.8) is 0 Å². The predicted molar refractivity (Wildman–Crippen MR) is 111 cm³/mol. The maximum atomic E-state index is 14.5. The van der Waals surface area contributed by atoms with Crippen LogP contribution in [0.5, 0.6) is 0 Å². The van der Waals surface area contributed by atoms with E-state index in [0.717, 1.165) is 5.52 Å². The Morgan fingerprint density at radius 2 is 1.33 bits per heavy atom. The SMILES string of the molecule is CCn1c(=O)c(P(=O)(c2ccccc2)c2ccccc2)nc2ccccc21. The summed E-state index contributed by atoms with van der Waals surface area (Å²) in [5, 5.41) is 1.22. The van der Waals surface area contributed by atoms with E-state index in [-0.39, 0.29) is 11.0 Å². The van der Waals surface area contributed by atoms with Crippen LogP contribution in [0.15, 0.2) is 89.7 Å². The van der Waals surface area contributed by atoms with E-state index < -0.39 is 7.14 Å². The summed E-state index contributed by atoms with van der Waals surface area (Å²) in [5.41, 5.74) is 1.23. The zero-order valence-corrected chi connectivity index (χ0v) is 15.8. The highest BCUT2D eigenvalue weighted by Crippen LogP contribution is 2.40. The molecule has 1 heterocycles. The Hall–Kier alpha value is -2.97. The average molecular weight is 374 g/mol. The molecule has 4 aromatic rings. The van der Waals surface area contributed by atoms with Crippen molar-refractivity contribution in [3.8, 4) is 0 Å². The molecule has 0 saturated heterocycles. The quantitative estimate of drug-likeness (QED) is 0.516. The van der Waals surface area contributed by atoms with Gasteiger partial charge in [-0.2, -0.15) is 0 Å². The van der Waals surface area contributed by atoms with Gasteiger partial charge in [-0.25, -0.2) is 4.98 Å². The fraction of sp³-hybridized carbons (Fsp3) is 0.0909. The molecule has 5 heteroatoms. The zero-order valence-electron chi connectivity index (χ0n) is 14.9. The van der Waals surface area contributed by atoms with Gasteiger partial charge in [-0.15, -0.1) is 0 Å². The van der Waals surface area contributed by atoms with Gasteiger partial charge in [-0.3, -0.25) is 4.79 Å². The molecule has 0 unspecified atom stereocenters. The summed E-state index contributed by atoms with van der Waals surface area (Å²) < 4.78 is 16.1. The van der Waals surface area contributed by atoms with Crippen LogP contribution in [0, 0.1) is 0 Å². The van der Waals surface area contributed by atoms with E-state index in [1.165, 1.54) is 0 Å². The Bertz CT molecular complexity index is 1160. The molecule has 0 saturated carbocycles. The summed E-state index contributed by atoms with van der Waals surface area (Å²) in [4.78, 5) is 17.9. The molecule has 3 aromatic carbocycles. The minimum absolute atomic E-state index is 0.112. The molecule has 4 rings (SSSR count). The molecule has 0 bridgehead atoms. The van der Waals surface area contributed by atoms with E-state index in [9.17, 15) is 9.36 Å². The minimum atomic E-state index is -3.40. The van der Waals surface area contributed by atoms with E-state index >= 15 is 0 Å². The van der Waals surface area contributed by atoms with Gasteiger partial charge in [0.25, 0.3) is 5.56 Å². The van der Waals surface area contributed by atoms with Crippen LogP contribution in [0.2, 0.25) is 0 Å². The van der Waals surface area contributed by atoms with E-state index in [4.69, 9.17) is 0 Å². The van der Waals surface area contributed by atoms with E-state index in [1.54, 1.807) is 28.8 Å². The lowest BCUT2D eigenvalue weighted by molar-refractivity contribution is 0.591. The monoisotopic (exact) mass is 374 g/mol. The van der Waals surface area contributed by atoms with Crippen molar-refractivity contribution >= 4 is 34.2 Å². The summed E-state index contributed by atoms with van der Waals surface area (Å²) in [6, 6.07) is 25.8. The number of rotatable bonds is 4. The average Bonchev–Trinajstić information content (AvgIpc) is 2.74. The molecular formula is C22H19N2O2P. The third-order valence-corrected chi connectivity index (χ3v) is 7.63. The number of aryl methyl sites for hydroxylation is 1. The van der Waals surface area contributed by atoms with Gasteiger partial charge >= 0.3 is 0 Å². The molecule has 0 radical (unpaired) electrons. The van der Waals surface area contributed by atoms with Crippen molar-refractivity contribution in [2.24, 2.45) is 0 Å². The summed E-state index contributed by atoms with van der Waals surface area (Å²) >= 11 is 0. The van der Waals surface area contributed by atoms with Crippen molar-refractivity contribution in [3.05, 3.63) is 95.3 Å². The third-order valence-electron chi connectivity index (χ3n) is 4.69. The van der Waals surface area contributed by atoms with Crippen LogP contribution in [0.1, 0.15) is 6.92 Å². The largest absolute Gasteiger partial charge is 0.307 e. The lowest BCUT2D eigenvalue weighted by Gasteiger charge is -2.20. The molecule has 0 amide bonds. The number of hydrogen-bond acceptors (Lipinski definition) is 3. The van der Waals surface area contributed by atoms with Crippen molar-refractivity contribution in [1.82, 2.24) is 9.55 Å². The Morgan fingerprint density at radius 3 is 1.89 bits per heavy atom. The van der Waals surface area contributed by atoms with Crippen LogP contribution in [-0.2, 0) is 11.1 Å². The second kappa shape index (κ2) is 6.98. The minimum Gasteiger partial charge on any atom is -0.307 e. The van der Waals surface area contributed by atoms with Gasteiger partial charge in [0.05, 0.1) is 11.0 Å². The second-order valence-electron chi connectivity index (χ2n) is 6.25. The van der Waals surface area contributed by atoms with Crippen molar-refractivity contribution in [1.29, 1.82) is 0 Å². The van der Waals surface area contributed by atoms with Gasteiger partial charge in [-0.1, -0.05) is 72.8 Å². The van der Waals surface area contributed by atoms with Gasteiger partial charge in [0.15, 0.2) is 12.6 Å². The lowest BCUT2D eigenvalue weighted by atomic mass is 10.3. The Kier molecular flexibility index (Phi) is 4.51. The maximum absolute atomic E-state index is 14.5. The molecule has 134 valence electrons. The van der Waals surface area contributed by atoms with Crippen molar-refractivity contribution in [2.75, 3.05) is 0 Å². The molecule has 0 atom stereocenters. The molecule has 27 heavy (non-hydrogen) atoms. The zero-order chi connectivity index (χ0) is 18.9. The number of fused-ring (bicyclic) bond motifs is 1. The highest BCUT2D eigenvalue weighted by Gasteiger charge is 2.34. The Morgan fingerprint density at radius 1 is 0.815 bits per heavy atom. The Labute approximate surface area is 157 Å². The number of nitrogens with zero attached hydrogens (tertiary/aromatic N) is 2. The highest BCUT2D eigenvalue weighted by molar-refractivity contribution is 7.85. The third kappa shape index (κ3) is 2.83. The fourth-order valence-electron chi connectivity index (χ4n) is 3.37. The van der Waals surface area contributed by atoms with Crippen LogP contribution in [0.4, 0.5) is 0 Å². The van der Waals surface area contributed by atoms with Crippen LogP contribution in [0.3, 0.4) is 0 Å². The molecule has 0 aliphatic heterocycles. The summed E-state index contributed by atoms with van der Waals surface area (Å²) in [5.74, 6) is 0. The molecule has 0 spiro atoms. The summed E-state index contributed by atoms with van der Waals surface area (Å²) in [6.07, 6.45) is 0. The molecule has 0 aliphatic rings. The first-order valence-corrected chi connectivity index (χ1v) is 10.6. The first kappa shape index (κ1) is 17.4. The van der Waals surface area contributed by atoms with Crippen molar-refractivity contribution in [2.45, 2.75) is 13.5 Å². The van der Waals surface area contributed by atoms with E-state index in [1.807, 2.05) is 67.6 Å². The molecule has 0 fully saturated rings. The van der Waals surface area contributed by atoms with Gasteiger partial charge < -0.3 is 9.13 Å².